The van der Waals surface area contributed by atoms with Gasteiger partial charge >= 0.3 is 0 Å². The number of nitriles is 1. The Labute approximate surface area is 146 Å². The number of piperidine rings is 2. The molecule has 0 saturated carbocycles. The lowest BCUT2D eigenvalue weighted by Crippen LogP contribution is -2.47. The number of aryl methyl sites for hydroxylation is 1. The van der Waals surface area contributed by atoms with Gasteiger partial charge in [0, 0.05) is 50.6 Å². The molecule has 0 unspecified atom stereocenters. The van der Waals surface area contributed by atoms with Crippen molar-refractivity contribution < 1.29 is 13.6 Å². The van der Waals surface area contributed by atoms with E-state index in [9.17, 15) is 18.8 Å². The van der Waals surface area contributed by atoms with Crippen molar-refractivity contribution in [2.45, 2.75) is 38.5 Å². The maximum atomic E-state index is 13.2. The Morgan fingerprint density at radius 2 is 1.88 bits per heavy atom. The van der Waals surface area contributed by atoms with Gasteiger partial charge in [0.2, 0.25) is 5.91 Å². The van der Waals surface area contributed by atoms with Crippen LogP contribution in [0.5, 0.6) is 0 Å². The van der Waals surface area contributed by atoms with Crippen LogP contribution < -0.4 is 4.90 Å². The molecule has 0 radical (unpaired) electrons. The van der Waals surface area contributed by atoms with E-state index < -0.39 is 5.92 Å². The first-order valence-corrected chi connectivity index (χ1v) is 8.69. The molecule has 5 nitrogen and oxygen atoms in total. The Hall–Kier alpha value is -2.23. The van der Waals surface area contributed by atoms with Crippen molar-refractivity contribution in [2.75, 3.05) is 31.1 Å². The van der Waals surface area contributed by atoms with Gasteiger partial charge in [0.05, 0.1) is 5.56 Å². The zero-order chi connectivity index (χ0) is 18.0. The van der Waals surface area contributed by atoms with Crippen LogP contribution in [0.15, 0.2) is 12.1 Å². The minimum absolute atomic E-state index is 0.00661. The fourth-order valence-corrected chi connectivity index (χ4v) is 3.52. The Morgan fingerprint density at radius 3 is 2.48 bits per heavy atom. The smallest absolute Gasteiger partial charge is 0.251 e. The molecule has 3 heterocycles. The third kappa shape index (κ3) is 3.89. The Balaban J connectivity index is 1.60. The van der Waals surface area contributed by atoms with Crippen LogP contribution >= 0.6 is 0 Å². The molecular weight excluding hydrogens is 326 g/mol. The number of rotatable bonds is 2. The molecule has 2 saturated heterocycles. The number of halogens is 2. The number of hydrogen-bond acceptors (Lipinski definition) is 4. The summed E-state index contributed by atoms with van der Waals surface area (Å²) < 4.78 is 26.5. The average molecular weight is 348 g/mol. The van der Waals surface area contributed by atoms with E-state index in [1.165, 1.54) is 0 Å². The number of hydrogen-bond donors (Lipinski definition) is 0. The predicted octanol–water partition coefficient (Wildman–Crippen LogP) is 2.74. The van der Waals surface area contributed by atoms with Gasteiger partial charge in [-0.05, 0) is 31.9 Å². The SMILES string of the molecule is Cc1ccc(C#N)c(N2CCC(C(=O)N3CCC(F)(F)CC3)CC2)n1. The van der Waals surface area contributed by atoms with Crippen LogP contribution in [0.4, 0.5) is 14.6 Å². The highest BCUT2D eigenvalue weighted by atomic mass is 19.3. The molecule has 0 aromatic carbocycles. The Kier molecular flexibility index (Phi) is 4.89. The number of anilines is 1. The van der Waals surface area contributed by atoms with Gasteiger partial charge in [-0.1, -0.05) is 0 Å². The first-order valence-electron chi connectivity index (χ1n) is 8.69. The van der Waals surface area contributed by atoms with Gasteiger partial charge in [0.1, 0.15) is 11.9 Å². The summed E-state index contributed by atoms with van der Waals surface area (Å²) in [5.74, 6) is -2.10. The number of carbonyl (C=O) groups excluding carboxylic acids is 1. The molecule has 1 amide bonds. The van der Waals surface area contributed by atoms with E-state index in [1.54, 1.807) is 11.0 Å². The van der Waals surface area contributed by atoms with Gasteiger partial charge in [-0.3, -0.25) is 4.79 Å². The number of aromatic nitrogens is 1. The van der Waals surface area contributed by atoms with Crippen LogP contribution in [-0.4, -0.2) is 47.9 Å². The summed E-state index contributed by atoms with van der Waals surface area (Å²) in [4.78, 5) is 20.7. The van der Waals surface area contributed by atoms with Crippen molar-refractivity contribution in [3.63, 3.8) is 0 Å². The third-order valence-electron chi connectivity index (χ3n) is 5.09. The molecular formula is C18H22F2N4O. The van der Waals surface area contributed by atoms with Gasteiger partial charge in [0.25, 0.3) is 5.92 Å². The topological polar surface area (TPSA) is 60.2 Å². The molecule has 0 atom stereocenters. The van der Waals surface area contributed by atoms with Crippen LogP contribution in [0.2, 0.25) is 0 Å². The monoisotopic (exact) mass is 348 g/mol. The highest BCUT2D eigenvalue weighted by Crippen LogP contribution is 2.30. The van der Waals surface area contributed by atoms with E-state index in [2.05, 4.69) is 11.1 Å². The Bertz CT molecular complexity index is 683. The summed E-state index contributed by atoms with van der Waals surface area (Å²) in [7, 11) is 0. The minimum atomic E-state index is -2.63. The summed E-state index contributed by atoms with van der Waals surface area (Å²) in [6.45, 7) is 3.46. The van der Waals surface area contributed by atoms with E-state index in [0.29, 0.717) is 37.3 Å². The fourth-order valence-electron chi connectivity index (χ4n) is 3.52. The number of pyridine rings is 1. The maximum absolute atomic E-state index is 13.2. The highest BCUT2D eigenvalue weighted by molar-refractivity contribution is 5.79. The molecule has 25 heavy (non-hydrogen) atoms. The van der Waals surface area contributed by atoms with Crippen molar-refractivity contribution >= 4 is 11.7 Å². The summed E-state index contributed by atoms with van der Waals surface area (Å²) >= 11 is 0. The summed E-state index contributed by atoms with van der Waals surface area (Å²) in [6.07, 6.45) is 0.838. The molecule has 1 aromatic heterocycles. The van der Waals surface area contributed by atoms with Crippen molar-refractivity contribution in [3.8, 4) is 6.07 Å². The van der Waals surface area contributed by atoms with Gasteiger partial charge in [0.15, 0.2) is 0 Å². The van der Waals surface area contributed by atoms with Crippen molar-refractivity contribution in [3.05, 3.63) is 23.4 Å². The predicted molar refractivity (Wildman–Crippen MR) is 89.4 cm³/mol. The lowest BCUT2D eigenvalue weighted by atomic mass is 9.93. The molecule has 0 aliphatic carbocycles. The minimum Gasteiger partial charge on any atom is -0.355 e. The van der Waals surface area contributed by atoms with Gasteiger partial charge < -0.3 is 9.80 Å². The fraction of sp³-hybridized carbons (Fsp3) is 0.611. The normalized spacial score (nSPS) is 21.0. The molecule has 134 valence electrons. The van der Waals surface area contributed by atoms with Crippen molar-refractivity contribution in [1.29, 1.82) is 5.26 Å². The number of nitrogens with zero attached hydrogens (tertiary/aromatic N) is 4. The second-order valence-corrected chi connectivity index (χ2v) is 6.88. The van der Waals surface area contributed by atoms with Crippen LogP contribution in [0.1, 0.15) is 36.9 Å². The Morgan fingerprint density at radius 1 is 1.24 bits per heavy atom. The van der Waals surface area contributed by atoms with E-state index in [-0.39, 0.29) is 37.8 Å². The van der Waals surface area contributed by atoms with Gasteiger partial charge in [-0.15, -0.1) is 0 Å². The third-order valence-corrected chi connectivity index (χ3v) is 5.09. The van der Waals surface area contributed by atoms with Crippen LogP contribution in [0.3, 0.4) is 0 Å². The van der Waals surface area contributed by atoms with E-state index >= 15 is 0 Å². The van der Waals surface area contributed by atoms with Gasteiger partial charge in [-0.2, -0.15) is 5.26 Å². The summed E-state index contributed by atoms with van der Waals surface area (Å²) in [5, 5.41) is 9.25. The quantitative estimate of drug-likeness (QED) is 0.824. The average Bonchev–Trinajstić information content (AvgIpc) is 2.61. The second-order valence-electron chi connectivity index (χ2n) is 6.88. The number of amides is 1. The number of carbonyl (C=O) groups is 1. The first kappa shape index (κ1) is 17.6. The van der Waals surface area contributed by atoms with Crippen molar-refractivity contribution in [1.82, 2.24) is 9.88 Å². The molecule has 0 spiro atoms. The van der Waals surface area contributed by atoms with Crippen molar-refractivity contribution in [2.24, 2.45) is 5.92 Å². The van der Waals surface area contributed by atoms with Crippen LogP contribution in [0, 0.1) is 24.2 Å². The van der Waals surface area contributed by atoms with E-state index in [4.69, 9.17) is 0 Å². The first-order chi connectivity index (χ1) is 11.9. The lowest BCUT2D eigenvalue weighted by Gasteiger charge is -2.37. The maximum Gasteiger partial charge on any atom is 0.251 e. The number of alkyl halides is 2. The van der Waals surface area contributed by atoms with Crippen LogP contribution in [0.25, 0.3) is 0 Å². The molecule has 2 aliphatic rings. The summed E-state index contributed by atoms with van der Waals surface area (Å²) in [6, 6.07) is 5.74. The molecule has 0 N–H and O–H groups in total. The second kappa shape index (κ2) is 6.95. The zero-order valence-corrected chi connectivity index (χ0v) is 14.3. The molecule has 7 heteroatoms. The summed E-state index contributed by atoms with van der Waals surface area (Å²) in [5.41, 5.74) is 1.38. The largest absolute Gasteiger partial charge is 0.355 e. The zero-order valence-electron chi connectivity index (χ0n) is 14.3. The molecule has 0 bridgehead atoms. The lowest BCUT2D eigenvalue weighted by molar-refractivity contribution is -0.142. The number of likely N-dealkylation sites (tertiary alicyclic amines) is 1. The molecule has 3 rings (SSSR count). The molecule has 2 fully saturated rings. The standard InChI is InChI=1S/C18H22F2N4O/c1-13-2-3-15(12-21)16(22-13)23-8-4-14(5-9-23)17(25)24-10-6-18(19,20)7-11-24/h2-3,14H,4-11H2,1H3. The van der Waals surface area contributed by atoms with E-state index in [1.807, 2.05) is 17.9 Å². The van der Waals surface area contributed by atoms with Crippen LogP contribution in [-0.2, 0) is 4.79 Å². The molecule has 2 aliphatic heterocycles. The van der Waals surface area contributed by atoms with Gasteiger partial charge in [-0.25, -0.2) is 13.8 Å². The van der Waals surface area contributed by atoms with E-state index in [0.717, 1.165) is 5.69 Å². The highest BCUT2D eigenvalue weighted by Gasteiger charge is 2.38. The molecule has 1 aromatic rings.